The molecule has 7 N–H and O–H groups in total. The maximum absolute atomic E-state index is 12.5. The summed E-state index contributed by atoms with van der Waals surface area (Å²) >= 11 is 0. The van der Waals surface area contributed by atoms with E-state index in [1.165, 1.54) is 30.4 Å². The third-order valence-corrected chi connectivity index (χ3v) is 6.42. The number of imide groups is 1. The third kappa shape index (κ3) is 8.55. The number of benzene rings is 1. The molecule has 0 unspecified atom stereocenters. The average Bonchev–Trinajstić information content (AvgIpc) is 3.25. The van der Waals surface area contributed by atoms with E-state index in [2.05, 4.69) is 10.6 Å². The van der Waals surface area contributed by atoms with Crippen LogP contribution in [0, 0.1) is 0 Å². The first-order valence-corrected chi connectivity index (χ1v) is 12.9. The minimum atomic E-state index is -1.91. The third-order valence-electron chi connectivity index (χ3n) is 6.42. The number of unbranched alkanes of at least 4 members (excludes halogenated alkanes) is 2. The van der Waals surface area contributed by atoms with Crippen LogP contribution in [0.15, 0.2) is 30.4 Å². The molecular formula is C26H33N3O12. The number of nitrogens with one attached hydrogen (secondary N) is 2. The maximum atomic E-state index is 12.5. The van der Waals surface area contributed by atoms with Gasteiger partial charge in [-0.2, -0.15) is 0 Å². The SMILES string of the molecule is O=C(CCCCCN1C(=O)C=CC1=O)NCCC(=O)Nc1cc(CO)ccc1O[C@@H]1O[C@H](C(=O)O)[C@@H](O)[C@H](O)[C@H]1O. The molecule has 0 radical (unpaired) electrons. The summed E-state index contributed by atoms with van der Waals surface area (Å²) < 4.78 is 10.6. The summed E-state index contributed by atoms with van der Waals surface area (Å²) in [6.45, 7) is -0.0861. The molecule has 0 bridgehead atoms. The number of carbonyl (C=O) groups excluding carboxylic acids is 4. The lowest BCUT2D eigenvalue weighted by Crippen LogP contribution is -2.61. The lowest BCUT2D eigenvalue weighted by molar-refractivity contribution is -0.271. The molecule has 41 heavy (non-hydrogen) atoms. The van der Waals surface area contributed by atoms with Crippen molar-refractivity contribution < 1.29 is 59.0 Å². The van der Waals surface area contributed by atoms with Crippen molar-refractivity contribution in [1.82, 2.24) is 10.2 Å². The molecule has 1 aromatic carbocycles. The Kier molecular flexibility index (Phi) is 11.3. The number of anilines is 1. The van der Waals surface area contributed by atoms with E-state index < -0.39 is 42.6 Å². The van der Waals surface area contributed by atoms with E-state index >= 15 is 0 Å². The van der Waals surface area contributed by atoms with Gasteiger partial charge in [-0.15, -0.1) is 0 Å². The van der Waals surface area contributed by atoms with Gasteiger partial charge in [0.25, 0.3) is 11.8 Å². The summed E-state index contributed by atoms with van der Waals surface area (Å²) in [5.74, 6) is -3.18. The standard InChI is InChI=1S/C26H33N3O12/c30-13-14-5-6-16(40-26-23(37)21(35)22(36)24(41-26)25(38)39)15(12-14)28-18(32)9-10-27-17(31)4-2-1-3-11-29-19(33)7-8-20(29)34/h5-8,12,21-24,26,30,35-37H,1-4,9-11,13H2,(H,27,31)(H,28,32)(H,38,39)/t21-,22-,23+,24-,26+/m0/s1. The molecule has 15 nitrogen and oxygen atoms in total. The number of rotatable bonds is 14. The highest BCUT2D eigenvalue weighted by Crippen LogP contribution is 2.31. The largest absolute Gasteiger partial charge is 0.479 e. The molecule has 224 valence electrons. The maximum Gasteiger partial charge on any atom is 0.335 e. The van der Waals surface area contributed by atoms with Gasteiger partial charge in [-0.05, 0) is 30.5 Å². The predicted octanol–water partition coefficient (Wildman–Crippen LogP) is -1.62. The van der Waals surface area contributed by atoms with Crippen LogP contribution in [-0.4, -0.2) is 104 Å². The first-order chi connectivity index (χ1) is 19.5. The Morgan fingerprint density at radius 3 is 2.29 bits per heavy atom. The lowest BCUT2D eigenvalue weighted by Gasteiger charge is -2.38. The van der Waals surface area contributed by atoms with Gasteiger partial charge in [0.05, 0.1) is 12.3 Å². The molecule has 1 saturated heterocycles. The monoisotopic (exact) mass is 579 g/mol. The molecule has 1 fully saturated rings. The van der Waals surface area contributed by atoms with Crippen molar-refractivity contribution >= 4 is 35.3 Å². The van der Waals surface area contributed by atoms with Crippen molar-refractivity contribution in [1.29, 1.82) is 0 Å². The number of aliphatic hydroxyl groups excluding tert-OH is 4. The van der Waals surface area contributed by atoms with Gasteiger partial charge in [-0.3, -0.25) is 24.1 Å². The van der Waals surface area contributed by atoms with Gasteiger partial charge in [0.1, 0.15) is 24.1 Å². The van der Waals surface area contributed by atoms with Crippen LogP contribution in [0.4, 0.5) is 5.69 Å². The van der Waals surface area contributed by atoms with Crippen molar-refractivity contribution in [3.8, 4) is 5.75 Å². The zero-order valence-electron chi connectivity index (χ0n) is 22.0. The van der Waals surface area contributed by atoms with E-state index in [4.69, 9.17) is 9.47 Å². The Hall–Kier alpha value is -3.89. The van der Waals surface area contributed by atoms with Crippen LogP contribution < -0.4 is 15.4 Å². The summed E-state index contributed by atoms with van der Waals surface area (Å²) in [7, 11) is 0. The number of aliphatic hydroxyl groups is 4. The van der Waals surface area contributed by atoms with Gasteiger partial charge in [0, 0.05) is 38.1 Å². The molecule has 15 heteroatoms. The van der Waals surface area contributed by atoms with E-state index in [0.717, 1.165) is 4.90 Å². The highest BCUT2D eigenvalue weighted by atomic mass is 16.7. The van der Waals surface area contributed by atoms with Crippen molar-refractivity contribution in [2.45, 2.75) is 69.4 Å². The molecule has 0 aromatic heterocycles. The Morgan fingerprint density at radius 2 is 1.63 bits per heavy atom. The number of amides is 4. The van der Waals surface area contributed by atoms with Crippen molar-refractivity contribution in [2.24, 2.45) is 0 Å². The molecule has 0 saturated carbocycles. The quantitative estimate of drug-likeness (QED) is 0.0974. The fraction of sp³-hybridized carbons (Fsp3) is 0.500. The Bertz CT molecular complexity index is 1150. The first kappa shape index (κ1) is 31.6. The van der Waals surface area contributed by atoms with Crippen LogP contribution in [0.25, 0.3) is 0 Å². The second-order valence-corrected chi connectivity index (χ2v) is 9.46. The first-order valence-electron chi connectivity index (χ1n) is 12.9. The number of hydrogen-bond donors (Lipinski definition) is 7. The minimum absolute atomic E-state index is 0.0117. The molecule has 3 rings (SSSR count). The van der Waals surface area contributed by atoms with Crippen molar-refractivity contribution in [3.05, 3.63) is 35.9 Å². The van der Waals surface area contributed by atoms with E-state index in [1.807, 2.05) is 0 Å². The number of nitrogens with zero attached hydrogens (tertiary/aromatic N) is 1. The zero-order valence-corrected chi connectivity index (χ0v) is 22.0. The molecule has 5 atom stereocenters. The van der Waals surface area contributed by atoms with E-state index in [-0.39, 0.29) is 61.7 Å². The summed E-state index contributed by atoms with van der Waals surface area (Å²) in [6, 6.07) is 4.15. The van der Waals surface area contributed by atoms with E-state index in [9.17, 15) is 49.5 Å². The molecule has 2 aliphatic rings. The molecule has 0 spiro atoms. The van der Waals surface area contributed by atoms with Crippen molar-refractivity contribution in [2.75, 3.05) is 18.4 Å². The number of carbonyl (C=O) groups is 5. The molecule has 1 aromatic rings. The summed E-state index contributed by atoms with van der Waals surface area (Å²) in [6.07, 6.45) is -5.00. The van der Waals surface area contributed by atoms with Crippen LogP contribution in [0.2, 0.25) is 0 Å². The second-order valence-electron chi connectivity index (χ2n) is 9.46. The van der Waals surface area contributed by atoms with Crippen LogP contribution in [0.5, 0.6) is 5.75 Å². The smallest absolute Gasteiger partial charge is 0.335 e. The zero-order chi connectivity index (χ0) is 30.1. The van der Waals surface area contributed by atoms with Gasteiger partial charge in [0.2, 0.25) is 18.1 Å². The summed E-state index contributed by atoms with van der Waals surface area (Å²) in [4.78, 5) is 60.1. The summed E-state index contributed by atoms with van der Waals surface area (Å²) in [5.41, 5.74) is 0.431. The van der Waals surface area contributed by atoms with Crippen LogP contribution in [0.1, 0.15) is 37.7 Å². The number of carboxylic acids is 1. The Balaban J connectivity index is 1.46. The second kappa shape index (κ2) is 14.7. The molecule has 2 heterocycles. The molecule has 2 aliphatic heterocycles. The predicted molar refractivity (Wildman–Crippen MR) is 138 cm³/mol. The lowest BCUT2D eigenvalue weighted by atomic mass is 9.99. The number of hydrogen-bond acceptors (Lipinski definition) is 11. The highest BCUT2D eigenvalue weighted by molar-refractivity contribution is 6.12. The molecule has 4 amide bonds. The Morgan fingerprint density at radius 1 is 0.927 bits per heavy atom. The van der Waals surface area contributed by atoms with Gasteiger partial charge in [-0.1, -0.05) is 12.5 Å². The molecule has 0 aliphatic carbocycles. The van der Waals surface area contributed by atoms with E-state index in [0.29, 0.717) is 24.8 Å². The van der Waals surface area contributed by atoms with Crippen LogP contribution >= 0.6 is 0 Å². The van der Waals surface area contributed by atoms with Gasteiger partial charge >= 0.3 is 5.97 Å². The highest BCUT2D eigenvalue weighted by Gasteiger charge is 2.48. The number of carboxylic acid groups (broad SMARTS) is 1. The van der Waals surface area contributed by atoms with Crippen LogP contribution in [0.3, 0.4) is 0 Å². The number of aliphatic carboxylic acids is 1. The molecular weight excluding hydrogens is 546 g/mol. The van der Waals surface area contributed by atoms with Gasteiger partial charge in [-0.25, -0.2) is 4.79 Å². The summed E-state index contributed by atoms with van der Waals surface area (Å²) in [5, 5.41) is 53.9. The van der Waals surface area contributed by atoms with Gasteiger partial charge < -0.3 is 45.6 Å². The fourth-order valence-corrected chi connectivity index (χ4v) is 4.15. The fourth-order valence-electron chi connectivity index (χ4n) is 4.15. The topological polar surface area (TPSA) is 232 Å². The van der Waals surface area contributed by atoms with E-state index in [1.54, 1.807) is 0 Å². The normalized spacial score (nSPS) is 23.9. The minimum Gasteiger partial charge on any atom is -0.479 e. The van der Waals surface area contributed by atoms with Crippen LogP contribution in [-0.2, 0) is 35.3 Å². The Labute approximate surface area is 234 Å². The van der Waals surface area contributed by atoms with Gasteiger partial charge in [0.15, 0.2) is 6.10 Å². The number of ether oxygens (including phenoxy) is 2. The van der Waals surface area contributed by atoms with Crippen molar-refractivity contribution in [3.63, 3.8) is 0 Å². The average molecular weight is 580 g/mol.